The van der Waals surface area contributed by atoms with Crippen LogP contribution in [0.25, 0.3) is 0 Å². The second kappa shape index (κ2) is 8.71. The zero-order chi connectivity index (χ0) is 19.2. The van der Waals surface area contributed by atoms with Crippen molar-refractivity contribution in [3.63, 3.8) is 0 Å². The van der Waals surface area contributed by atoms with E-state index in [1.165, 1.54) is 0 Å². The highest BCUT2D eigenvalue weighted by atomic mass is 16.5. The third-order valence-corrected chi connectivity index (χ3v) is 4.77. The zero-order valence-electron chi connectivity index (χ0n) is 15.9. The van der Waals surface area contributed by atoms with E-state index in [1.54, 1.807) is 4.90 Å². The SMILES string of the molecule is CC(C)N1CC(C(=O)NCc2cccc(OCc3ccccc3)c2)CC1=O. The van der Waals surface area contributed by atoms with Crippen LogP contribution < -0.4 is 10.1 Å². The molecule has 2 aromatic carbocycles. The van der Waals surface area contributed by atoms with Crippen LogP contribution in [0.15, 0.2) is 54.6 Å². The summed E-state index contributed by atoms with van der Waals surface area (Å²) in [7, 11) is 0. The Kier molecular flexibility index (Phi) is 6.12. The van der Waals surface area contributed by atoms with Gasteiger partial charge in [-0.1, -0.05) is 42.5 Å². The molecular formula is C22H26N2O3. The Morgan fingerprint density at radius 3 is 2.59 bits per heavy atom. The number of amides is 2. The summed E-state index contributed by atoms with van der Waals surface area (Å²) < 4.78 is 5.83. The minimum atomic E-state index is -0.266. The molecule has 0 spiro atoms. The van der Waals surface area contributed by atoms with Gasteiger partial charge in [-0.05, 0) is 37.1 Å². The van der Waals surface area contributed by atoms with Crippen molar-refractivity contribution in [1.82, 2.24) is 10.2 Å². The van der Waals surface area contributed by atoms with Gasteiger partial charge in [-0.25, -0.2) is 0 Å². The molecule has 5 heteroatoms. The number of hydrogen-bond acceptors (Lipinski definition) is 3. The topological polar surface area (TPSA) is 58.6 Å². The maximum atomic E-state index is 12.4. The normalized spacial score (nSPS) is 16.6. The molecule has 2 amide bonds. The van der Waals surface area contributed by atoms with Crippen molar-refractivity contribution in [2.45, 2.75) is 39.5 Å². The average molecular weight is 366 g/mol. The lowest BCUT2D eigenvalue weighted by Crippen LogP contribution is -2.35. The van der Waals surface area contributed by atoms with E-state index in [4.69, 9.17) is 4.74 Å². The van der Waals surface area contributed by atoms with Crippen molar-refractivity contribution in [3.8, 4) is 5.75 Å². The fourth-order valence-electron chi connectivity index (χ4n) is 3.23. The molecule has 1 aliphatic heterocycles. The summed E-state index contributed by atoms with van der Waals surface area (Å²) in [5.41, 5.74) is 2.08. The Hall–Kier alpha value is -2.82. The Balaban J connectivity index is 1.51. The fraction of sp³-hybridized carbons (Fsp3) is 0.364. The number of carbonyl (C=O) groups is 2. The number of benzene rings is 2. The van der Waals surface area contributed by atoms with Gasteiger partial charge in [0, 0.05) is 25.6 Å². The second-order valence-corrected chi connectivity index (χ2v) is 7.18. The maximum absolute atomic E-state index is 12.4. The summed E-state index contributed by atoms with van der Waals surface area (Å²) in [5, 5.41) is 2.95. The van der Waals surface area contributed by atoms with Gasteiger partial charge in [0.2, 0.25) is 11.8 Å². The molecule has 0 bridgehead atoms. The molecule has 1 fully saturated rings. The van der Waals surface area contributed by atoms with Crippen molar-refractivity contribution < 1.29 is 14.3 Å². The van der Waals surface area contributed by atoms with Crippen LogP contribution in [0.1, 0.15) is 31.4 Å². The van der Waals surface area contributed by atoms with Crippen LogP contribution >= 0.6 is 0 Å². The Morgan fingerprint density at radius 2 is 1.89 bits per heavy atom. The average Bonchev–Trinajstić information content (AvgIpc) is 3.08. The number of ether oxygens (including phenoxy) is 1. The van der Waals surface area contributed by atoms with Crippen LogP contribution in [0.2, 0.25) is 0 Å². The molecule has 1 aliphatic rings. The Labute approximate surface area is 160 Å². The van der Waals surface area contributed by atoms with Gasteiger partial charge in [-0.3, -0.25) is 9.59 Å². The Bertz CT molecular complexity index is 789. The van der Waals surface area contributed by atoms with Crippen LogP contribution in [0.5, 0.6) is 5.75 Å². The molecule has 0 aliphatic carbocycles. The van der Waals surface area contributed by atoms with Gasteiger partial charge >= 0.3 is 0 Å². The molecule has 0 saturated carbocycles. The molecule has 27 heavy (non-hydrogen) atoms. The third kappa shape index (κ3) is 5.09. The molecule has 1 heterocycles. The quantitative estimate of drug-likeness (QED) is 0.819. The number of nitrogens with one attached hydrogen (secondary N) is 1. The Morgan fingerprint density at radius 1 is 1.15 bits per heavy atom. The molecule has 1 saturated heterocycles. The van der Waals surface area contributed by atoms with Crippen LogP contribution in [0.3, 0.4) is 0 Å². The van der Waals surface area contributed by atoms with Crippen LogP contribution in [0, 0.1) is 5.92 Å². The first kappa shape index (κ1) is 19.0. The summed E-state index contributed by atoms with van der Waals surface area (Å²) in [6.45, 7) is 5.38. The maximum Gasteiger partial charge on any atom is 0.225 e. The number of likely N-dealkylation sites (tertiary alicyclic amines) is 1. The summed E-state index contributed by atoms with van der Waals surface area (Å²) in [5.74, 6) is 0.494. The van der Waals surface area contributed by atoms with Crippen molar-refractivity contribution >= 4 is 11.8 Å². The number of nitrogens with zero attached hydrogens (tertiary/aromatic N) is 1. The van der Waals surface area contributed by atoms with Gasteiger partial charge in [0.05, 0.1) is 5.92 Å². The van der Waals surface area contributed by atoms with Crippen molar-refractivity contribution in [3.05, 3.63) is 65.7 Å². The van der Waals surface area contributed by atoms with E-state index in [0.717, 1.165) is 16.9 Å². The molecule has 1 atom stereocenters. The van der Waals surface area contributed by atoms with Gasteiger partial charge in [0.25, 0.3) is 0 Å². The number of rotatable bonds is 7. The first-order chi connectivity index (χ1) is 13.0. The third-order valence-electron chi connectivity index (χ3n) is 4.77. The fourth-order valence-corrected chi connectivity index (χ4v) is 3.23. The number of carbonyl (C=O) groups excluding carboxylic acids is 2. The molecular weight excluding hydrogens is 340 g/mol. The summed E-state index contributed by atoms with van der Waals surface area (Å²) in [4.78, 5) is 26.1. The minimum absolute atomic E-state index is 0.0569. The first-order valence-electron chi connectivity index (χ1n) is 9.36. The van der Waals surface area contributed by atoms with Gasteiger partial charge in [-0.2, -0.15) is 0 Å². The van der Waals surface area contributed by atoms with Gasteiger partial charge in [0.1, 0.15) is 12.4 Å². The van der Waals surface area contributed by atoms with Crippen LogP contribution in [-0.4, -0.2) is 29.3 Å². The summed E-state index contributed by atoms with van der Waals surface area (Å²) >= 11 is 0. The summed E-state index contributed by atoms with van der Waals surface area (Å²) in [6, 6.07) is 17.8. The van der Waals surface area contributed by atoms with Gasteiger partial charge in [0.15, 0.2) is 0 Å². The zero-order valence-corrected chi connectivity index (χ0v) is 15.9. The predicted molar refractivity (Wildman–Crippen MR) is 104 cm³/mol. The van der Waals surface area contributed by atoms with Crippen molar-refractivity contribution in [1.29, 1.82) is 0 Å². The molecule has 1 unspecified atom stereocenters. The molecule has 142 valence electrons. The largest absolute Gasteiger partial charge is 0.489 e. The molecule has 5 nitrogen and oxygen atoms in total. The molecule has 2 aromatic rings. The van der Waals surface area contributed by atoms with E-state index in [2.05, 4.69) is 5.32 Å². The molecule has 3 rings (SSSR count). The van der Waals surface area contributed by atoms with Crippen molar-refractivity contribution in [2.24, 2.45) is 5.92 Å². The van der Waals surface area contributed by atoms with E-state index in [0.29, 0.717) is 26.1 Å². The standard InChI is InChI=1S/C22H26N2O3/c1-16(2)24-14-19(12-21(24)25)22(26)23-13-18-9-6-10-20(11-18)27-15-17-7-4-3-5-8-17/h3-11,16,19H,12-15H2,1-2H3,(H,23,26). The minimum Gasteiger partial charge on any atom is -0.489 e. The molecule has 0 aromatic heterocycles. The predicted octanol–water partition coefficient (Wildman–Crippen LogP) is 3.14. The van der Waals surface area contributed by atoms with Gasteiger partial charge < -0.3 is 15.0 Å². The summed E-state index contributed by atoms with van der Waals surface area (Å²) in [6.07, 6.45) is 0.296. The van der Waals surface area contributed by atoms with Crippen molar-refractivity contribution in [2.75, 3.05) is 6.54 Å². The molecule has 1 N–H and O–H groups in total. The highest BCUT2D eigenvalue weighted by Gasteiger charge is 2.35. The lowest BCUT2D eigenvalue weighted by Gasteiger charge is -2.20. The smallest absolute Gasteiger partial charge is 0.225 e. The highest BCUT2D eigenvalue weighted by molar-refractivity contribution is 5.89. The molecule has 0 radical (unpaired) electrons. The van der Waals surface area contributed by atoms with Gasteiger partial charge in [-0.15, -0.1) is 0 Å². The lowest BCUT2D eigenvalue weighted by molar-refractivity contribution is -0.129. The second-order valence-electron chi connectivity index (χ2n) is 7.18. The van der Waals surface area contributed by atoms with E-state index >= 15 is 0 Å². The first-order valence-corrected chi connectivity index (χ1v) is 9.36. The van der Waals surface area contributed by atoms with Crippen LogP contribution in [-0.2, 0) is 22.7 Å². The highest BCUT2D eigenvalue weighted by Crippen LogP contribution is 2.21. The monoisotopic (exact) mass is 366 g/mol. The van der Waals surface area contributed by atoms with E-state index in [9.17, 15) is 9.59 Å². The van der Waals surface area contributed by atoms with E-state index < -0.39 is 0 Å². The van der Waals surface area contributed by atoms with E-state index in [1.807, 2.05) is 68.4 Å². The van der Waals surface area contributed by atoms with E-state index in [-0.39, 0.29) is 23.8 Å². The number of hydrogen-bond donors (Lipinski definition) is 1. The lowest BCUT2D eigenvalue weighted by atomic mass is 10.1. The van der Waals surface area contributed by atoms with Crippen LogP contribution in [0.4, 0.5) is 0 Å².